The summed E-state index contributed by atoms with van der Waals surface area (Å²) in [6.07, 6.45) is 3.56. The van der Waals surface area contributed by atoms with Crippen molar-refractivity contribution in [3.63, 3.8) is 0 Å². The van der Waals surface area contributed by atoms with E-state index >= 15 is 0 Å². The molecule has 1 saturated heterocycles. The largest absolute Gasteiger partial charge is 0.330 e. The average Bonchev–Trinajstić information content (AvgIpc) is 3.34. The van der Waals surface area contributed by atoms with Gasteiger partial charge in [0.2, 0.25) is 5.91 Å². The maximum atomic E-state index is 12.8. The number of likely N-dealkylation sites (N-methyl/N-ethyl adjacent to an activating group) is 1. The van der Waals surface area contributed by atoms with Crippen molar-refractivity contribution in [2.24, 2.45) is 0 Å². The Hall–Kier alpha value is -1.47. The van der Waals surface area contributed by atoms with Gasteiger partial charge in [-0.15, -0.1) is 0 Å². The van der Waals surface area contributed by atoms with Gasteiger partial charge in [0.05, 0.1) is 19.1 Å². The Morgan fingerprint density at radius 1 is 1.12 bits per heavy atom. The third kappa shape index (κ3) is 3.19. The van der Waals surface area contributed by atoms with Crippen LogP contribution < -0.4 is 0 Å². The van der Waals surface area contributed by atoms with Gasteiger partial charge in [0, 0.05) is 25.6 Å². The van der Waals surface area contributed by atoms with Crippen molar-refractivity contribution in [1.29, 1.82) is 0 Å². The van der Waals surface area contributed by atoms with Crippen molar-refractivity contribution in [3.8, 4) is 0 Å². The number of fused-ring (bicyclic) bond motifs is 1. The Kier molecular flexibility index (Phi) is 4.30. The maximum absolute atomic E-state index is 12.8. The SMILES string of the molecule is C[C@@H]1c2nc(C3CC3)nn2CCN1C(=O)CN1CCCN(C)CC1. The lowest BCUT2D eigenvalue weighted by atomic mass is 10.2. The molecule has 24 heavy (non-hydrogen) atoms. The predicted octanol–water partition coefficient (Wildman–Crippen LogP) is 0.696. The first-order valence-electron chi connectivity index (χ1n) is 9.27. The lowest BCUT2D eigenvalue weighted by Crippen LogP contribution is -2.46. The first-order valence-corrected chi connectivity index (χ1v) is 9.27. The highest BCUT2D eigenvalue weighted by Crippen LogP contribution is 2.39. The molecule has 3 heterocycles. The number of hydrogen-bond acceptors (Lipinski definition) is 5. The Balaban J connectivity index is 1.41. The fourth-order valence-electron chi connectivity index (χ4n) is 3.78. The van der Waals surface area contributed by atoms with E-state index in [1.807, 2.05) is 9.58 Å². The van der Waals surface area contributed by atoms with Crippen LogP contribution >= 0.6 is 0 Å². The van der Waals surface area contributed by atoms with Gasteiger partial charge in [-0.2, -0.15) is 5.10 Å². The van der Waals surface area contributed by atoms with E-state index in [0.717, 1.165) is 57.3 Å². The third-order valence-corrected chi connectivity index (χ3v) is 5.54. The molecule has 0 aromatic carbocycles. The van der Waals surface area contributed by atoms with Crippen molar-refractivity contribution in [2.75, 3.05) is 46.3 Å². The van der Waals surface area contributed by atoms with E-state index in [1.54, 1.807) is 0 Å². The lowest BCUT2D eigenvalue weighted by molar-refractivity contribution is -0.135. The fraction of sp³-hybridized carbons (Fsp3) is 0.824. The minimum Gasteiger partial charge on any atom is -0.330 e. The van der Waals surface area contributed by atoms with Gasteiger partial charge in [-0.1, -0.05) is 0 Å². The summed E-state index contributed by atoms with van der Waals surface area (Å²) in [7, 11) is 2.16. The molecule has 2 fully saturated rings. The zero-order chi connectivity index (χ0) is 16.7. The van der Waals surface area contributed by atoms with Crippen LogP contribution in [0.2, 0.25) is 0 Å². The molecule has 3 aliphatic rings. The van der Waals surface area contributed by atoms with Gasteiger partial charge in [0.1, 0.15) is 5.82 Å². The first kappa shape index (κ1) is 16.0. The molecule has 7 heteroatoms. The van der Waals surface area contributed by atoms with E-state index in [1.165, 1.54) is 12.8 Å². The molecule has 4 rings (SSSR count). The minimum absolute atomic E-state index is 0.0286. The zero-order valence-corrected chi connectivity index (χ0v) is 14.8. The number of rotatable bonds is 3. The molecule has 1 aromatic heterocycles. The molecule has 0 spiro atoms. The number of nitrogens with zero attached hydrogens (tertiary/aromatic N) is 6. The molecule has 0 unspecified atom stereocenters. The third-order valence-electron chi connectivity index (χ3n) is 5.54. The number of hydrogen-bond donors (Lipinski definition) is 0. The molecule has 1 aromatic rings. The Morgan fingerprint density at radius 3 is 2.75 bits per heavy atom. The van der Waals surface area contributed by atoms with E-state index in [4.69, 9.17) is 4.98 Å². The molecule has 132 valence electrons. The van der Waals surface area contributed by atoms with Crippen LogP contribution in [0.1, 0.15) is 49.8 Å². The van der Waals surface area contributed by atoms with Gasteiger partial charge in [-0.3, -0.25) is 9.69 Å². The molecule has 2 aliphatic heterocycles. The van der Waals surface area contributed by atoms with E-state index in [2.05, 4.69) is 28.9 Å². The van der Waals surface area contributed by atoms with Crippen LogP contribution in [0.3, 0.4) is 0 Å². The summed E-state index contributed by atoms with van der Waals surface area (Å²) in [5, 5.41) is 4.65. The molecular formula is C17H28N6O. The maximum Gasteiger partial charge on any atom is 0.237 e. The quantitative estimate of drug-likeness (QED) is 0.815. The van der Waals surface area contributed by atoms with Gasteiger partial charge in [0.25, 0.3) is 0 Å². The topological polar surface area (TPSA) is 57.5 Å². The van der Waals surface area contributed by atoms with E-state index < -0.39 is 0 Å². The summed E-state index contributed by atoms with van der Waals surface area (Å²) < 4.78 is 2.02. The molecule has 1 atom stereocenters. The minimum atomic E-state index is 0.0286. The number of amides is 1. The zero-order valence-electron chi connectivity index (χ0n) is 14.8. The summed E-state index contributed by atoms with van der Waals surface area (Å²) in [6, 6.07) is 0.0286. The molecule has 0 bridgehead atoms. The van der Waals surface area contributed by atoms with Crippen molar-refractivity contribution >= 4 is 5.91 Å². The second kappa shape index (κ2) is 6.44. The van der Waals surface area contributed by atoms with Gasteiger partial charge in [-0.25, -0.2) is 9.67 Å². The molecular weight excluding hydrogens is 304 g/mol. The summed E-state index contributed by atoms with van der Waals surface area (Å²) in [4.78, 5) is 24.2. The van der Waals surface area contributed by atoms with Crippen LogP contribution in [0.15, 0.2) is 0 Å². The van der Waals surface area contributed by atoms with Crippen molar-refractivity contribution < 1.29 is 4.79 Å². The van der Waals surface area contributed by atoms with Crippen LogP contribution in [0, 0.1) is 0 Å². The molecule has 7 nitrogen and oxygen atoms in total. The van der Waals surface area contributed by atoms with E-state index in [-0.39, 0.29) is 11.9 Å². The molecule has 1 amide bonds. The molecule has 1 aliphatic carbocycles. The Morgan fingerprint density at radius 2 is 1.96 bits per heavy atom. The van der Waals surface area contributed by atoms with Crippen LogP contribution in [0.25, 0.3) is 0 Å². The highest BCUT2D eigenvalue weighted by atomic mass is 16.2. The van der Waals surface area contributed by atoms with E-state index in [9.17, 15) is 4.79 Å². The molecule has 0 radical (unpaired) electrons. The second-order valence-electron chi connectivity index (χ2n) is 7.52. The smallest absolute Gasteiger partial charge is 0.237 e. The fourth-order valence-corrected chi connectivity index (χ4v) is 3.78. The molecule has 0 N–H and O–H groups in total. The number of carbonyl (C=O) groups excluding carboxylic acids is 1. The lowest BCUT2D eigenvalue weighted by Gasteiger charge is -2.34. The monoisotopic (exact) mass is 332 g/mol. The number of aromatic nitrogens is 3. The van der Waals surface area contributed by atoms with Gasteiger partial charge < -0.3 is 9.80 Å². The van der Waals surface area contributed by atoms with Crippen LogP contribution in [-0.2, 0) is 11.3 Å². The van der Waals surface area contributed by atoms with Crippen molar-refractivity contribution in [1.82, 2.24) is 29.5 Å². The summed E-state index contributed by atoms with van der Waals surface area (Å²) in [6.45, 7) is 8.29. The van der Waals surface area contributed by atoms with Crippen LogP contribution in [0.5, 0.6) is 0 Å². The molecule has 1 saturated carbocycles. The number of carbonyl (C=O) groups is 1. The van der Waals surface area contributed by atoms with Gasteiger partial charge in [0.15, 0.2) is 5.82 Å². The highest BCUT2D eigenvalue weighted by molar-refractivity contribution is 5.78. The van der Waals surface area contributed by atoms with Gasteiger partial charge >= 0.3 is 0 Å². The Labute approximate surface area is 143 Å². The first-order chi connectivity index (χ1) is 11.6. The highest BCUT2D eigenvalue weighted by Gasteiger charge is 2.34. The summed E-state index contributed by atoms with van der Waals surface area (Å²) in [5.41, 5.74) is 0. The van der Waals surface area contributed by atoms with Crippen LogP contribution in [-0.4, -0.2) is 81.7 Å². The predicted molar refractivity (Wildman–Crippen MR) is 90.7 cm³/mol. The standard InChI is InChI=1S/C17H28N6O/c1-13-17-18-16(14-4-5-14)19-23(17)11-10-22(13)15(24)12-21-7-3-6-20(2)8-9-21/h13-14H,3-12H2,1-2H3/t13-/m1/s1. The van der Waals surface area contributed by atoms with Gasteiger partial charge in [-0.05, 0) is 46.3 Å². The Bertz CT molecular complexity index is 610. The van der Waals surface area contributed by atoms with E-state index in [0.29, 0.717) is 12.5 Å². The van der Waals surface area contributed by atoms with Crippen molar-refractivity contribution in [2.45, 2.75) is 44.7 Å². The normalized spacial score (nSPS) is 26.2. The summed E-state index contributed by atoms with van der Waals surface area (Å²) >= 11 is 0. The van der Waals surface area contributed by atoms with Crippen LogP contribution in [0.4, 0.5) is 0 Å². The average molecular weight is 332 g/mol. The summed E-state index contributed by atoms with van der Waals surface area (Å²) in [5.74, 6) is 2.75. The second-order valence-corrected chi connectivity index (χ2v) is 7.52. The van der Waals surface area contributed by atoms with Crippen molar-refractivity contribution in [3.05, 3.63) is 11.6 Å².